The molecule has 164 valence electrons. The number of hydrogen-bond acceptors (Lipinski definition) is 6. The molecule has 6 nitrogen and oxygen atoms in total. The zero-order chi connectivity index (χ0) is 21.6. The van der Waals surface area contributed by atoms with Crippen LogP contribution in [0.25, 0.3) is 0 Å². The summed E-state index contributed by atoms with van der Waals surface area (Å²) in [6, 6.07) is 12.5. The highest BCUT2D eigenvalue weighted by molar-refractivity contribution is 7.86. The van der Waals surface area contributed by atoms with Crippen LogP contribution in [0.15, 0.2) is 47.4 Å². The normalized spacial score (nSPS) is 19.4. The van der Waals surface area contributed by atoms with Crippen molar-refractivity contribution in [3.05, 3.63) is 53.6 Å². The number of ether oxygens (including phenoxy) is 3. The maximum Gasteiger partial charge on any atom is 0.297 e. The lowest BCUT2D eigenvalue weighted by Gasteiger charge is -2.30. The smallest absolute Gasteiger partial charge is 0.297 e. The van der Waals surface area contributed by atoms with Crippen LogP contribution in [0, 0.1) is 6.92 Å². The van der Waals surface area contributed by atoms with Crippen molar-refractivity contribution < 1.29 is 26.8 Å². The highest BCUT2D eigenvalue weighted by Gasteiger charge is 2.31. The van der Waals surface area contributed by atoms with Crippen molar-refractivity contribution in [3.8, 4) is 11.5 Å². The quantitative estimate of drug-likeness (QED) is 0.549. The Morgan fingerprint density at radius 1 is 0.900 bits per heavy atom. The van der Waals surface area contributed by atoms with Gasteiger partial charge in [-0.25, -0.2) is 0 Å². The molecule has 0 bridgehead atoms. The first kappa shape index (κ1) is 22.6. The van der Waals surface area contributed by atoms with Gasteiger partial charge in [-0.3, -0.25) is 4.18 Å². The van der Waals surface area contributed by atoms with Crippen LogP contribution >= 0.6 is 0 Å². The molecule has 0 spiro atoms. The van der Waals surface area contributed by atoms with Gasteiger partial charge in [-0.05, 0) is 56.0 Å². The molecule has 3 rings (SSSR count). The predicted molar refractivity (Wildman–Crippen MR) is 115 cm³/mol. The minimum absolute atomic E-state index is 0.183. The number of methoxy groups -OCH3 is 2. The van der Waals surface area contributed by atoms with Crippen LogP contribution in [-0.2, 0) is 25.5 Å². The Labute approximate surface area is 179 Å². The van der Waals surface area contributed by atoms with Crippen molar-refractivity contribution in [1.29, 1.82) is 0 Å². The molecule has 0 N–H and O–H groups in total. The maximum absolute atomic E-state index is 12.7. The lowest BCUT2D eigenvalue weighted by molar-refractivity contribution is -0.0440. The van der Waals surface area contributed by atoms with Crippen molar-refractivity contribution in [1.82, 2.24) is 0 Å². The van der Waals surface area contributed by atoms with Crippen molar-refractivity contribution >= 4 is 10.1 Å². The summed E-state index contributed by atoms with van der Waals surface area (Å²) >= 11 is 0. The standard InChI is InChI=1S/C23H30O6S/c1-17-8-11-19(12-9-17)30(24,25)29-22-7-5-4-6-21(22)28-15-14-18-10-13-20(26-2)23(16-18)27-3/h8-13,16,21-22H,4-7,14-15H2,1-3H3/t21-,22+/m1/s1. The van der Waals surface area contributed by atoms with Crippen molar-refractivity contribution in [3.63, 3.8) is 0 Å². The van der Waals surface area contributed by atoms with Gasteiger partial charge < -0.3 is 14.2 Å². The minimum Gasteiger partial charge on any atom is -0.493 e. The predicted octanol–water partition coefficient (Wildman–Crippen LogP) is 4.29. The lowest BCUT2D eigenvalue weighted by atomic mass is 9.95. The average Bonchev–Trinajstić information content (AvgIpc) is 2.75. The van der Waals surface area contributed by atoms with E-state index in [0.717, 1.165) is 30.4 Å². The molecule has 1 saturated carbocycles. The molecule has 0 aromatic heterocycles. The molecule has 0 saturated heterocycles. The summed E-state index contributed by atoms with van der Waals surface area (Å²) in [5, 5.41) is 0. The SMILES string of the molecule is COc1ccc(CCO[C@@H]2CCCC[C@@H]2OS(=O)(=O)c2ccc(C)cc2)cc1OC. The molecule has 2 aromatic carbocycles. The van der Waals surface area contributed by atoms with Gasteiger partial charge in [-0.2, -0.15) is 8.42 Å². The fraction of sp³-hybridized carbons (Fsp3) is 0.478. The molecule has 2 aromatic rings. The number of benzene rings is 2. The molecule has 1 aliphatic rings. The highest BCUT2D eigenvalue weighted by atomic mass is 32.2. The minimum atomic E-state index is -3.81. The van der Waals surface area contributed by atoms with Crippen LogP contribution in [0.1, 0.15) is 36.8 Å². The van der Waals surface area contributed by atoms with E-state index in [4.69, 9.17) is 18.4 Å². The molecule has 0 amide bonds. The molecule has 2 atom stereocenters. The van der Waals surface area contributed by atoms with E-state index in [9.17, 15) is 8.42 Å². The van der Waals surface area contributed by atoms with Gasteiger partial charge in [0.25, 0.3) is 10.1 Å². The Balaban J connectivity index is 1.60. The number of rotatable bonds is 9. The van der Waals surface area contributed by atoms with Gasteiger partial charge in [-0.15, -0.1) is 0 Å². The summed E-state index contributed by atoms with van der Waals surface area (Å²) in [5.41, 5.74) is 2.07. The third-order valence-corrected chi connectivity index (χ3v) is 6.72. The van der Waals surface area contributed by atoms with E-state index >= 15 is 0 Å². The second kappa shape index (κ2) is 10.3. The molecule has 0 heterocycles. The van der Waals surface area contributed by atoms with Gasteiger partial charge in [0.15, 0.2) is 11.5 Å². The Bertz CT molecular complexity index is 923. The van der Waals surface area contributed by atoms with Gasteiger partial charge in [0, 0.05) is 0 Å². The third-order valence-electron chi connectivity index (χ3n) is 5.37. The van der Waals surface area contributed by atoms with E-state index in [1.807, 2.05) is 25.1 Å². The first-order valence-electron chi connectivity index (χ1n) is 10.3. The number of aryl methyl sites for hydroxylation is 1. The number of hydrogen-bond donors (Lipinski definition) is 0. The summed E-state index contributed by atoms with van der Waals surface area (Å²) in [4.78, 5) is 0.183. The molecule has 30 heavy (non-hydrogen) atoms. The van der Waals surface area contributed by atoms with Crippen LogP contribution in [-0.4, -0.2) is 41.5 Å². The Morgan fingerprint density at radius 2 is 1.57 bits per heavy atom. The van der Waals surface area contributed by atoms with Crippen molar-refractivity contribution in [2.75, 3.05) is 20.8 Å². The van der Waals surface area contributed by atoms with E-state index in [1.54, 1.807) is 38.5 Å². The van der Waals surface area contributed by atoms with Crippen LogP contribution in [0.2, 0.25) is 0 Å². The van der Waals surface area contributed by atoms with Crippen LogP contribution < -0.4 is 9.47 Å². The second-order valence-electron chi connectivity index (χ2n) is 7.53. The molecular weight excluding hydrogens is 404 g/mol. The summed E-state index contributed by atoms with van der Waals surface area (Å²) in [5.74, 6) is 1.36. The van der Waals surface area contributed by atoms with Gasteiger partial charge in [0.05, 0.1) is 31.8 Å². The van der Waals surface area contributed by atoms with E-state index in [-0.39, 0.29) is 11.0 Å². The molecular formula is C23H30O6S. The monoisotopic (exact) mass is 434 g/mol. The Kier molecular flexibility index (Phi) is 7.75. The van der Waals surface area contributed by atoms with Crippen LogP contribution in [0.3, 0.4) is 0 Å². The largest absolute Gasteiger partial charge is 0.493 e. The van der Waals surface area contributed by atoms with E-state index in [2.05, 4.69) is 0 Å². The molecule has 7 heteroatoms. The first-order valence-corrected chi connectivity index (χ1v) is 11.7. The topological polar surface area (TPSA) is 71.1 Å². The summed E-state index contributed by atoms with van der Waals surface area (Å²) in [6.45, 7) is 2.39. The Morgan fingerprint density at radius 3 is 2.23 bits per heavy atom. The molecule has 0 aliphatic heterocycles. The van der Waals surface area contributed by atoms with E-state index < -0.39 is 16.2 Å². The second-order valence-corrected chi connectivity index (χ2v) is 9.11. The summed E-state index contributed by atoms with van der Waals surface area (Å²) in [6.07, 6.45) is 3.39. The highest BCUT2D eigenvalue weighted by Crippen LogP contribution is 2.29. The third kappa shape index (κ3) is 5.74. The Hall–Kier alpha value is -2.09. The van der Waals surface area contributed by atoms with Gasteiger partial charge in [-0.1, -0.05) is 36.6 Å². The van der Waals surface area contributed by atoms with Crippen molar-refractivity contribution in [2.45, 2.75) is 56.1 Å². The van der Waals surface area contributed by atoms with Gasteiger partial charge in [0.2, 0.25) is 0 Å². The zero-order valence-corrected chi connectivity index (χ0v) is 18.6. The molecule has 1 aliphatic carbocycles. The zero-order valence-electron chi connectivity index (χ0n) is 17.8. The van der Waals surface area contributed by atoms with Gasteiger partial charge >= 0.3 is 0 Å². The lowest BCUT2D eigenvalue weighted by Crippen LogP contribution is -2.36. The summed E-state index contributed by atoms with van der Waals surface area (Å²) < 4.78 is 47.6. The fourth-order valence-corrected chi connectivity index (χ4v) is 4.78. The summed E-state index contributed by atoms with van der Waals surface area (Å²) in [7, 11) is -0.601. The van der Waals surface area contributed by atoms with Gasteiger partial charge in [0.1, 0.15) is 6.10 Å². The van der Waals surface area contributed by atoms with E-state index in [0.29, 0.717) is 30.9 Å². The van der Waals surface area contributed by atoms with Crippen molar-refractivity contribution in [2.24, 2.45) is 0 Å². The average molecular weight is 435 g/mol. The molecule has 1 fully saturated rings. The van der Waals surface area contributed by atoms with E-state index in [1.165, 1.54) is 0 Å². The maximum atomic E-state index is 12.7. The van der Waals surface area contributed by atoms with Crippen LogP contribution in [0.4, 0.5) is 0 Å². The molecule has 0 unspecified atom stereocenters. The van der Waals surface area contributed by atoms with Crippen LogP contribution in [0.5, 0.6) is 11.5 Å². The first-order chi connectivity index (χ1) is 14.4. The molecule has 0 radical (unpaired) electrons. The fourth-order valence-electron chi connectivity index (χ4n) is 3.65.